The first kappa shape index (κ1) is 15.5. The first-order chi connectivity index (χ1) is 11.6. The van der Waals surface area contributed by atoms with Crippen LogP contribution in [0.1, 0.15) is 10.4 Å². The number of rotatable bonds is 5. The second-order valence-electron chi connectivity index (χ2n) is 4.82. The Morgan fingerprint density at radius 3 is 2.29 bits per heavy atom. The average Bonchev–Trinajstić information content (AvgIpc) is 3.11. The van der Waals surface area contributed by atoms with Crippen LogP contribution in [0, 0.1) is 0 Å². The van der Waals surface area contributed by atoms with Gasteiger partial charge in [0, 0.05) is 11.1 Å². The minimum Gasteiger partial charge on any atom is -0.494 e. The number of hydrogen-bond acceptors (Lipinski definition) is 7. The van der Waals surface area contributed by atoms with Gasteiger partial charge in [0.05, 0.1) is 12.7 Å². The Bertz CT molecular complexity index is 874. The van der Waals surface area contributed by atoms with E-state index >= 15 is 0 Å². The van der Waals surface area contributed by atoms with Crippen molar-refractivity contribution in [2.24, 2.45) is 0 Å². The Hall–Kier alpha value is -3.39. The summed E-state index contributed by atoms with van der Waals surface area (Å²) < 4.78 is 10.8. The van der Waals surface area contributed by atoms with E-state index in [9.17, 15) is 4.79 Å². The molecular formula is C16H13N3O5. The van der Waals surface area contributed by atoms with Crippen LogP contribution >= 0.6 is 0 Å². The third kappa shape index (κ3) is 2.90. The van der Waals surface area contributed by atoms with Crippen LogP contribution in [0.15, 0.2) is 46.9 Å². The second kappa shape index (κ2) is 6.39. The third-order valence-corrected chi connectivity index (χ3v) is 3.37. The van der Waals surface area contributed by atoms with Gasteiger partial charge in [-0.1, -0.05) is 0 Å². The molecule has 0 radical (unpaired) electrons. The van der Waals surface area contributed by atoms with Crippen molar-refractivity contribution in [1.82, 2.24) is 10.2 Å². The second-order valence-corrected chi connectivity index (χ2v) is 4.82. The molecular weight excluding hydrogens is 314 g/mol. The SMILES string of the molecule is COc1cc(-c2nnc(-c3ccc(C(=O)O)cc3)o2)ccc1NO. The van der Waals surface area contributed by atoms with Gasteiger partial charge in [-0.3, -0.25) is 10.7 Å². The molecule has 3 N–H and O–H groups in total. The Balaban J connectivity index is 1.91. The van der Waals surface area contributed by atoms with Crippen molar-refractivity contribution in [3.8, 4) is 28.7 Å². The minimum atomic E-state index is -1.00. The number of carbonyl (C=O) groups is 1. The van der Waals surface area contributed by atoms with E-state index in [4.69, 9.17) is 19.5 Å². The number of hydrogen-bond donors (Lipinski definition) is 3. The monoisotopic (exact) mass is 327 g/mol. The molecule has 0 amide bonds. The van der Waals surface area contributed by atoms with Gasteiger partial charge in [-0.25, -0.2) is 4.79 Å². The summed E-state index contributed by atoms with van der Waals surface area (Å²) in [5.41, 5.74) is 3.84. The molecule has 0 atom stereocenters. The fourth-order valence-corrected chi connectivity index (χ4v) is 2.13. The lowest BCUT2D eigenvalue weighted by atomic mass is 10.1. The minimum absolute atomic E-state index is 0.176. The predicted octanol–water partition coefficient (Wildman–Crippen LogP) is 2.91. The molecule has 0 saturated heterocycles. The van der Waals surface area contributed by atoms with Crippen LogP contribution in [0.25, 0.3) is 22.9 Å². The molecule has 8 nitrogen and oxygen atoms in total. The highest BCUT2D eigenvalue weighted by Crippen LogP contribution is 2.31. The number of nitrogens with one attached hydrogen (secondary N) is 1. The molecule has 122 valence electrons. The van der Waals surface area contributed by atoms with E-state index in [0.29, 0.717) is 22.6 Å². The van der Waals surface area contributed by atoms with Crippen LogP contribution in [0.3, 0.4) is 0 Å². The molecule has 0 unspecified atom stereocenters. The van der Waals surface area contributed by atoms with Crippen molar-refractivity contribution in [1.29, 1.82) is 0 Å². The molecule has 0 bridgehead atoms. The van der Waals surface area contributed by atoms with Crippen molar-refractivity contribution in [3.05, 3.63) is 48.0 Å². The molecule has 8 heteroatoms. The molecule has 2 aromatic carbocycles. The molecule has 0 aliphatic carbocycles. The lowest BCUT2D eigenvalue weighted by Gasteiger charge is -2.07. The predicted molar refractivity (Wildman–Crippen MR) is 84.1 cm³/mol. The van der Waals surface area contributed by atoms with Gasteiger partial charge >= 0.3 is 5.97 Å². The number of ether oxygens (including phenoxy) is 1. The van der Waals surface area contributed by atoms with E-state index in [1.165, 1.54) is 19.2 Å². The van der Waals surface area contributed by atoms with Crippen LogP contribution in [0.4, 0.5) is 5.69 Å². The quantitative estimate of drug-likeness (QED) is 0.612. The van der Waals surface area contributed by atoms with Crippen LogP contribution in [0.2, 0.25) is 0 Å². The summed E-state index contributed by atoms with van der Waals surface area (Å²) in [7, 11) is 1.48. The van der Waals surface area contributed by atoms with Gasteiger partial charge < -0.3 is 14.3 Å². The smallest absolute Gasteiger partial charge is 0.335 e. The largest absolute Gasteiger partial charge is 0.494 e. The fourth-order valence-electron chi connectivity index (χ4n) is 2.13. The maximum Gasteiger partial charge on any atom is 0.335 e. The van der Waals surface area contributed by atoms with Crippen LogP contribution in [-0.2, 0) is 0 Å². The zero-order valence-corrected chi connectivity index (χ0v) is 12.6. The lowest BCUT2D eigenvalue weighted by Crippen LogP contribution is -1.94. The summed E-state index contributed by atoms with van der Waals surface area (Å²) in [5, 5.41) is 25.9. The highest BCUT2D eigenvalue weighted by Gasteiger charge is 2.13. The van der Waals surface area contributed by atoms with Crippen LogP contribution in [-0.4, -0.2) is 33.6 Å². The maximum atomic E-state index is 10.9. The molecule has 0 spiro atoms. The summed E-state index contributed by atoms with van der Waals surface area (Å²) in [6.07, 6.45) is 0. The van der Waals surface area contributed by atoms with Crippen molar-refractivity contribution in [3.63, 3.8) is 0 Å². The van der Waals surface area contributed by atoms with Gasteiger partial charge in [-0.15, -0.1) is 10.2 Å². The van der Waals surface area contributed by atoms with Gasteiger partial charge in [0.2, 0.25) is 11.8 Å². The van der Waals surface area contributed by atoms with E-state index < -0.39 is 5.97 Å². The number of carboxylic acid groups (broad SMARTS) is 1. The summed E-state index contributed by atoms with van der Waals surface area (Å²) >= 11 is 0. The highest BCUT2D eigenvalue weighted by atomic mass is 16.5. The molecule has 0 saturated carbocycles. The summed E-state index contributed by atoms with van der Waals surface area (Å²) in [6.45, 7) is 0. The average molecular weight is 327 g/mol. The van der Waals surface area contributed by atoms with Gasteiger partial charge in [0.1, 0.15) is 11.4 Å². The molecule has 3 rings (SSSR count). The van der Waals surface area contributed by atoms with E-state index in [1.807, 2.05) is 5.48 Å². The van der Waals surface area contributed by atoms with E-state index in [-0.39, 0.29) is 17.3 Å². The molecule has 0 aliphatic rings. The van der Waals surface area contributed by atoms with Gasteiger partial charge in [-0.2, -0.15) is 0 Å². The first-order valence-electron chi connectivity index (χ1n) is 6.88. The molecule has 1 heterocycles. The zero-order chi connectivity index (χ0) is 17.1. The van der Waals surface area contributed by atoms with Crippen LogP contribution < -0.4 is 10.2 Å². The molecule has 0 fully saturated rings. The van der Waals surface area contributed by atoms with Crippen LogP contribution in [0.5, 0.6) is 5.75 Å². The van der Waals surface area contributed by atoms with Gasteiger partial charge in [0.15, 0.2) is 0 Å². The Morgan fingerprint density at radius 1 is 1.08 bits per heavy atom. The maximum absolute atomic E-state index is 10.9. The number of aromatic carboxylic acids is 1. The van der Waals surface area contributed by atoms with E-state index in [0.717, 1.165) is 0 Å². The highest BCUT2D eigenvalue weighted by molar-refractivity contribution is 5.88. The number of methoxy groups -OCH3 is 1. The van der Waals surface area contributed by atoms with Crippen molar-refractivity contribution < 1.29 is 24.3 Å². The number of nitrogens with zero attached hydrogens (tertiary/aromatic N) is 2. The first-order valence-corrected chi connectivity index (χ1v) is 6.88. The van der Waals surface area contributed by atoms with Crippen molar-refractivity contribution in [2.45, 2.75) is 0 Å². The summed E-state index contributed by atoms with van der Waals surface area (Å²) in [5.74, 6) is -0.0432. The number of carboxylic acids is 1. The van der Waals surface area contributed by atoms with Gasteiger partial charge in [-0.05, 0) is 42.5 Å². The Kier molecular flexibility index (Phi) is 4.13. The van der Waals surface area contributed by atoms with Gasteiger partial charge in [0.25, 0.3) is 0 Å². The number of benzene rings is 2. The Labute approximate surface area is 136 Å². The van der Waals surface area contributed by atoms with Crippen molar-refractivity contribution >= 4 is 11.7 Å². The molecule has 0 aliphatic heterocycles. The summed E-state index contributed by atoms with van der Waals surface area (Å²) in [6, 6.07) is 11.1. The fraction of sp³-hybridized carbons (Fsp3) is 0.0625. The third-order valence-electron chi connectivity index (χ3n) is 3.37. The molecule has 3 aromatic rings. The Morgan fingerprint density at radius 2 is 1.71 bits per heavy atom. The normalized spacial score (nSPS) is 10.4. The topological polar surface area (TPSA) is 118 Å². The lowest BCUT2D eigenvalue weighted by molar-refractivity contribution is 0.0697. The van der Waals surface area contributed by atoms with E-state index in [1.54, 1.807) is 30.3 Å². The molecule has 1 aromatic heterocycles. The standard InChI is InChI=1S/C16H13N3O5/c1-23-13-8-11(6-7-12(13)19-22)15-18-17-14(24-15)9-2-4-10(5-3-9)16(20)21/h2-8,19,22H,1H3,(H,20,21). The van der Waals surface area contributed by atoms with Crippen molar-refractivity contribution in [2.75, 3.05) is 12.6 Å². The molecule has 24 heavy (non-hydrogen) atoms. The number of anilines is 1. The summed E-state index contributed by atoms with van der Waals surface area (Å²) in [4.78, 5) is 10.9. The zero-order valence-electron chi connectivity index (χ0n) is 12.6. The van der Waals surface area contributed by atoms with E-state index in [2.05, 4.69) is 10.2 Å². The number of aromatic nitrogens is 2.